The minimum absolute atomic E-state index is 0.0167. The molecule has 1 amide bonds. The number of amidine groups is 1. The van der Waals surface area contributed by atoms with Gasteiger partial charge in [-0.1, -0.05) is 17.6 Å². The summed E-state index contributed by atoms with van der Waals surface area (Å²) in [5.41, 5.74) is 5.17. The molecule has 1 aliphatic carbocycles. The zero-order valence-electron chi connectivity index (χ0n) is 11.6. The Balaban J connectivity index is 2.21. The molecular formula is C14H17F2N3O2. The predicted molar refractivity (Wildman–Crippen MR) is 73.1 cm³/mol. The first-order valence-electron chi connectivity index (χ1n) is 6.68. The van der Waals surface area contributed by atoms with Crippen molar-refractivity contribution in [2.45, 2.75) is 32.2 Å². The number of carbonyl (C=O) groups is 1. The van der Waals surface area contributed by atoms with Crippen LogP contribution in [0.4, 0.5) is 8.78 Å². The van der Waals surface area contributed by atoms with E-state index in [1.807, 2.05) is 0 Å². The third-order valence-corrected chi connectivity index (χ3v) is 3.84. The van der Waals surface area contributed by atoms with Crippen molar-refractivity contribution in [3.63, 3.8) is 0 Å². The Hall–Kier alpha value is -2.18. The second-order valence-electron chi connectivity index (χ2n) is 5.20. The molecule has 1 aliphatic rings. The van der Waals surface area contributed by atoms with Crippen LogP contribution < -0.4 is 11.1 Å². The van der Waals surface area contributed by atoms with Crippen LogP contribution in [-0.2, 0) is 0 Å². The highest BCUT2D eigenvalue weighted by atomic mass is 19.1. The third-order valence-electron chi connectivity index (χ3n) is 3.84. The summed E-state index contributed by atoms with van der Waals surface area (Å²) in [6.07, 6.45) is 2.05. The van der Waals surface area contributed by atoms with E-state index in [2.05, 4.69) is 10.5 Å². The Morgan fingerprint density at radius 2 is 2.14 bits per heavy atom. The number of nitrogens with one attached hydrogen (secondary N) is 1. The first kappa shape index (κ1) is 15.2. The molecule has 2 atom stereocenters. The highest BCUT2D eigenvalue weighted by Crippen LogP contribution is 2.26. The molecule has 114 valence electrons. The zero-order chi connectivity index (χ0) is 15.6. The minimum Gasteiger partial charge on any atom is -0.409 e. The van der Waals surface area contributed by atoms with E-state index >= 15 is 0 Å². The quantitative estimate of drug-likeness (QED) is 0.345. The van der Waals surface area contributed by atoms with Gasteiger partial charge in [-0.05, 0) is 31.4 Å². The fourth-order valence-electron chi connectivity index (χ4n) is 2.67. The van der Waals surface area contributed by atoms with Gasteiger partial charge in [0.25, 0.3) is 5.91 Å². The smallest absolute Gasteiger partial charge is 0.257 e. The number of amides is 1. The molecule has 1 fully saturated rings. The Kier molecular flexibility index (Phi) is 4.40. The Bertz CT molecular complexity index is 590. The predicted octanol–water partition coefficient (Wildman–Crippen LogP) is 1.92. The van der Waals surface area contributed by atoms with E-state index in [0.717, 1.165) is 12.5 Å². The van der Waals surface area contributed by atoms with Gasteiger partial charge < -0.3 is 16.3 Å². The van der Waals surface area contributed by atoms with E-state index in [-0.39, 0.29) is 17.3 Å². The van der Waals surface area contributed by atoms with Gasteiger partial charge in [0.15, 0.2) is 0 Å². The van der Waals surface area contributed by atoms with Gasteiger partial charge >= 0.3 is 0 Å². The number of oxime groups is 1. The number of benzene rings is 1. The average Bonchev–Trinajstić information content (AvgIpc) is 2.90. The molecule has 1 aromatic rings. The average molecular weight is 297 g/mol. The lowest BCUT2D eigenvalue weighted by Crippen LogP contribution is -2.43. The number of nitrogens with zero attached hydrogens (tertiary/aromatic N) is 1. The Labute approximate surface area is 120 Å². The topological polar surface area (TPSA) is 87.7 Å². The summed E-state index contributed by atoms with van der Waals surface area (Å²) in [5, 5.41) is 14.2. The molecule has 0 spiro atoms. The second kappa shape index (κ2) is 6.07. The molecule has 1 aromatic carbocycles. The Morgan fingerprint density at radius 1 is 1.43 bits per heavy atom. The van der Waals surface area contributed by atoms with Crippen LogP contribution in [-0.4, -0.2) is 23.0 Å². The third kappa shape index (κ3) is 2.96. The fourth-order valence-corrected chi connectivity index (χ4v) is 2.67. The largest absolute Gasteiger partial charge is 0.409 e. The van der Waals surface area contributed by atoms with Crippen molar-refractivity contribution in [1.82, 2.24) is 5.32 Å². The molecule has 0 aliphatic heterocycles. The SMILES string of the molecule is Cc1ccc(F)c(C(=O)NC2CCCC2/C(N)=N/O)c1F. The van der Waals surface area contributed by atoms with E-state index in [0.29, 0.717) is 12.8 Å². The van der Waals surface area contributed by atoms with Gasteiger partial charge in [-0.15, -0.1) is 0 Å². The standard InChI is InChI=1S/C14H17F2N3O2/c1-7-5-6-9(15)11(12(7)16)14(20)18-10-4-2-3-8(10)13(17)19-21/h5-6,8,10,21H,2-4H2,1H3,(H2,17,19)(H,18,20). The van der Waals surface area contributed by atoms with Crippen molar-refractivity contribution in [2.24, 2.45) is 16.8 Å². The van der Waals surface area contributed by atoms with Gasteiger partial charge in [-0.2, -0.15) is 0 Å². The lowest BCUT2D eigenvalue weighted by atomic mass is 10.0. The molecule has 2 unspecified atom stereocenters. The zero-order valence-corrected chi connectivity index (χ0v) is 11.6. The van der Waals surface area contributed by atoms with E-state index in [9.17, 15) is 13.6 Å². The maximum absolute atomic E-state index is 13.9. The van der Waals surface area contributed by atoms with Gasteiger partial charge in [0.05, 0.1) is 0 Å². The van der Waals surface area contributed by atoms with Crippen LogP contribution in [0.3, 0.4) is 0 Å². The molecule has 0 saturated heterocycles. The monoisotopic (exact) mass is 297 g/mol. The number of aryl methyl sites for hydroxylation is 1. The van der Waals surface area contributed by atoms with Crippen LogP contribution in [0.15, 0.2) is 17.3 Å². The molecular weight excluding hydrogens is 280 g/mol. The number of nitrogens with two attached hydrogens (primary N) is 1. The summed E-state index contributed by atoms with van der Waals surface area (Å²) in [7, 11) is 0. The summed E-state index contributed by atoms with van der Waals surface area (Å²) < 4.78 is 27.6. The van der Waals surface area contributed by atoms with Gasteiger partial charge in [0, 0.05) is 12.0 Å². The summed E-state index contributed by atoms with van der Waals surface area (Å²) in [4.78, 5) is 12.1. The van der Waals surface area contributed by atoms with Crippen LogP contribution >= 0.6 is 0 Å². The number of carbonyl (C=O) groups excluding carboxylic acids is 1. The molecule has 1 saturated carbocycles. The molecule has 2 rings (SSSR count). The first-order valence-corrected chi connectivity index (χ1v) is 6.68. The minimum atomic E-state index is -0.908. The summed E-state index contributed by atoms with van der Waals surface area (Å²) in [6, 6.07) is 1.94. The van der Waals surface area contributed by atoms with Crippen molar-refractivity contribution in [1.29, 1.82) is 0 Å². The lowest BCUT2D eigenvalue weighted by molar-refractivity contribution is 0.0924. The maximum Gasteiger partial charge on any atom is 0.257 e. The van der Waals surface area contributed by atoms with E-state index in [4.69, 9.17) is 10.9 Å². The van der Waals surface area contributed by atoms with Gasteiger partial charge in [-0.3, -0.25) is 4.79 Å². The van der Waals surface area contributed by atoms with Crippen molar-refractivity contribution < 1.29 is 18.8 Å². The molecule has 5 nitrogen and oxygen atoms in total. The van der Waals surface area contributed by atoms with Crippen LogP contribution in [0.2, 0.25) is 0 Å². The number of rotatable bonds is 3. The van der Waals surface area contributed by atoms with E-state index in [1.165, 1.54) is 13.0 Å². The van der Waals surface area contributed by atoms with Crippen LogP contribution in [0.5, 0.6) is 0 Å². The number of hydrogen-bond donors (Lipinski definition) is 3. The van der Waals surface area contributed by atoms with Crippen LogP contribution in [0, 0.1) is 24.5 Å². The summed E-state index contributed by atoms with van der Waals surface area (Å²) in [5.74, 6) is -2.91. The molecule has 0 heterocycles. The van der Waals surface area contributed by atoms with E-state index < -0.39 is 29.1 Å². The summed E-state index contributed by atoms with van der Waals surface area (Å²) in [6.45, 7) is 1.46. The molecule has 4 N–H and O–H groups in total. The first-order chi connectivity index (χ1) is 9.95. The Morgan fingerprint density at radius 3 is 2.81 bits per heavy atom. The molecule has 7 heteroatoms. The number of hydrogen-bond acceptors (Lipinski definition) is 3. The van der Waals surface area contributed by atoms with Crippen molar-refractivity contribution >= 4 is 11.7 Å². The highest BCUT2D eigenvalue weighted by molar-refractivity contribution is 5.95. The van der Waals surface area contributed by atoms with Gasteiger partial charge in [0.1, 0.15) is 23.0 Å². The molecule has 0 bridgehead atoms. The lowest BCUT2D eigenvalue weighted by Gasteiger charge is -2.20. The van der Waals surface area contributed by atoms with Crippen molar-refractivity contribution in [3.8, 4) is 0 Å². The molecule has 0 aromatic heterocycles. The van der Waals surface area contributed by atoms with Crippen LogP contribution in [0.25, 0.3) is 0 Å². The fraction of sp³-hybridized carbons (Fsp3) is 0.429. The highest BCUT2D eigenvalue weighted by Gasteiger charge is 2.33. The van der Waals surface area contributed by atoms with E-state index in [1.54, 1.807) is 0 Å². The van der Waals surface area contributed by atoms with Gasteiger partial charge in [-0.25, -0.2) is 8.78 Å². The summed E-state index contributed by atoms with van der Waals surface area (Å²) >= 11 is 0. The molecule has 21 heavy (non-hydrogen) atoms. The number of halogens is 2. The van der Waals surface area contributed by atoms with Crippen molar-refractivity contribution in [3.05, 3.63) is 34.9 Å². The molecule has 0 radical (unpaired) electrons. The normalized spacial score (nSPS) is 22.3. The van der Waals surface area contributed by atoms with Crippen molar-refractivity contribution in [2.75, 3.05) is 0 Å². The second-order valence-corrected chi connectivity index (χ2v) is 5.20. The maximum atomic E-state index is 13.9. The van der Waals surface area contributed by atoms with Crippen LogP contribution in [0.1, 0.15) is 35.2 Å². The van der Waals surface area contributed by atoms with Gasteiger partial charge in [0.2, 0.25) is 0 Å².